The molecule has 0 aromatic carbocycles. The van der Waals surface area contributed by atoms with E-state index in [0.717, 1.165) is 19.4 Å². The summed E-state index contributed by atoms with van der Waals surface area (Å²) >= 11 is 0. The zero-order valence-corrected chi connectivity index (χ0v) is 12.0. The van der Waals surface area contributed by atoms with Crippen molar-refractivity contribution >= 4 is 0 Å². The van der Waals surface area contributed by atoms with Gasteiger partial charge in [0.05, 0.1) is 11.7 Å². The largest absolute Gasteiger partial charge is 0.396 e. The Kier molecular flexibility index (Phi) is 4.68. The van der Waals surface area contributed by atoms with Gasteiger partial charge in [-0.15, -0.1) is 0 Å². The normalized spacial score (nSPS) is 29.8. The Bertz CT molecular complexity index is 263. The van der Waals surface area contributed by atoms with Crippen LogP contribution >= 0.6 is 0 Å². The molecule has 3 nitrogen and oxygen atoms in total. The zero-order valence-electron chi connectivity index (χ0n) is 12.0. The average molecular weight is 255 g/mol. The van der Waals surface area contributed by atoms with Gasteiger partial charge in [-0.25, -0.2) is 0 Å². The van der Waals surface area contributed by atoms with Crippen LogP contribution in [0.4, 0.5) is 0 Å². The Morgan fingerprint density at radius 2 is 2.06 bits per heavy atom. The Balaban J connectivity index is 1.77. The van der Waals surface area contributed by atoms with Gasteiger partial charge in [-0.05, 0) is 45.4 Å². The molecule has 0 aromatic rings. The molecule has 0 radical (unpaired) electrons. The van der Waals surface area contributed by atoms with E-state index in [1.54, 1.807) is 0 Å². The second kappa shape index (κ2) is 5.89. The van der Waals surface area contributed by atoms with Gasteiger partial charge in [0.2, 0.25) is 0 Å². The lowest BCUT2D eigenvalue weighted by Gasteiger charge is -2.31. The molecule has 1 aliphatic heterocycles. The van der Waals surface area contributed by atoms with Crippen molar-refractivity contribution in [2.75, 3.05) is 13.2 Å². The van der Waals surface area contributed by atoms with Crippen LogP contribution < -0.4 is 5.32 Å². The third-order valence-corrected chi connectivity index (χ3v) is 5.05. The molecule has 0 bridgehead atoms. The molecule has 0 aromatic heterocycles. The van der Waals surface area contributed by atoms with Gasteiger partial charge < -0.3 is 15.2 Å². The molecule has 106 valence electrons. The number of hydrogen-bond acceptors (Lipinski definition) is 3. The van der Waals surface area contributed by atoms with E-state index < -0.39 is 0 Å². The Hall–Kier alpha value is -0.120. The van der Waals surface area contributed by atoms with Crippen molar-refractivity contribution in [1.29, 1.82) is 0 Å². The van der Waals surface area contributed by atoms with E-state index >= 15 is 0 Å². The molecule has 3 heteroatoms. The molecule has 2 atom stereocenters. The minimum Gasteiger partial charge on any atom is -0.396 e. The fourth-order valence-electron chi connectivity index (χ4n) is 3.42. The molecule has 1 saturated carbocycles. The van der Waals surface area contributed by atoms with E-state index in [0.29, 0.717) is 6.10 Å². The summed E-state index contributed by atoms with van der Waals surface area (Å²) in [5.74, 6) is 0. The van der Waals surface area contributed by atoms with Gasteiger partial charge >= 0.3 is 0 Å². The van der Waals surface area contributed by atoms with Crippen molar-refractivity contribution in [3.05, 3.63) is 0 Å². The summed E-state index contributed by atoms with van der Waals surface area (Å²) in [6.45, 7) is 5.57. The van der Waals surface area contributed by atoms with Gasteiger partial charge in [-0.3, -0.25) is 0 Å². The van der Waals surface area contributed by atoms with Crippen LogP contribution in [-0.4, -0.2) is 35.5 Å². The molecular formula is C15H29NO2. The Morgan fingerprint density at radius 1 is 1.33 bits per heavy atom. The second-order valence-corrected chi connectivity index (χ2v) is 6.44. The second-order valence-electron chi connectivity index (χ2n) is 6.44. The van der Waals surface area contributed by atoms with E-state index in [9.17, 15) is 0 Å². The summed E-state index contributed by atoms with van der Waals surface area (Å²) in [5.41, 5.74) is 0.301. The highest BCUT2D eigenvalue weighted by Crippen LogP contribution is 2.43. The smallest absolute Gasteiger partial charge is 0.0708 e. The van der Waals surface area contributed by atoms with Crippen molar-refractivity contribution in [2.24, 2.45) is 0 Å². The fraction of sp³-hybridized carbons (Fsp3) is 1.00. The van der Waals surface area contributed by atoms with E-state index in [4.69, 9.17) is 9.84 Å². The number of ether oxygens (including phenoxy) is 1. The standard InChI is InChI=1S/C15H29NO2/c1-3-14(2,10-11-17)16-12-13-6-9-15(18-13)7-4-5-8-15/h13,16-17H,3-12H2,1-2H3. The highest BCUT2D eigenvalue weighted by atomic mass is 16.5. The quantitative estimate of drug-likeness (QED) is 0.766. The monoisotopic (exact) mass is 255 g/mol. The van der Waals surface area contributed by atoms with Crippen LogP contribution in [0.3, 0.4) is 0 Å². The summed E-state index contributed by atoms with van der Waals surface area (Å²) in [4.78, 5) is 0. The number of rotatable bonds is 6. The van der Waals surface area contributed by atoms with Crippen LogP contribution in [0.1, 0.15) is 65.2 Å². The molecule has 1 spiro atoms. The topological polar surface area (TPSA) is 41.5 Å². The first-order valence-electron chi connectivity index (χ1n) is 7.65. The van der Waals surface area contributed by atoms with Crippen LogP contribution in [0.2, 0.25) is 0 Å². The maximum Gasteiger partial charge on any atom is 0.0708 e. The molecule has 2 N–H and O–H groups in total. The zero-order chi connectivity index (χ0) is 13.1. The highest BCUT2D eigenvalue weighted by Gasteiger charge is 2.42. The maximum absolute atomic E-state index is 9.12. The van der Waals surface area contributed by atoms with Crippen molar-refractivity contribution in [3.63, 3.8) is 0 Å². The van der Waals surface area contributed by atoms with Crippen LogP contribution in [0.15, 0.2) is 0 Å². The molecule has 2 unspecified atom stereocenters. The summed E-state index contributed by atoms with van der Waals surface area (Å²) in [6, 6.07) is 0. The molecule has 18 heavy (non-hydrogen) atoms. The minimum atomic E-state index is 0.0591. The first-order valence-corrected chi connectivity index (χ1v) is 7.65. The fourth-order valence-corrected chi connectivity index (χ4v) is 3.42. The molecule has 1 saturated heterocycles. The van der Waals surface area contributed by atoms with Crippen molar-refractivity contribution < 1.29 is 9.84 Å². The molecule has 0 amide bonds. The van der Waals surface area contributed by atoms with Crippen LogP contribution in [0.5, 0.6) is 0 Å². The maximum atomic E-state index is 9.12. The summed E-state index contributed by atoms with van der Waals surface area (Å²) < 4.78 is 6.30. The molecule has 2 fully saturated rings. The highest BCUT2D eigenvalue weighted by molar-refractivity contribution is 4.94. The average Bonchev–Trinajstić information content (AvgIpc) is 2.98. The third kappa shape index (κ3) is 3.25. The lowest BCUT2D eigenvalue weighted by atomic mass is 9.94. The van der Waals surface area contributed by atoms with E-state index in [1.165, 1.54) is 38.5 Å². The number of aliphatic hydroxyl groups excluding tert-OH is 1. The number of hydrogen-bond donors (Lipinski definition) is 2. The number of aliphatic hydroxyl groups is 1. The van der Waals surface area contributed by atoms with E-state index in [2.05, 4.69) is 19.2 Å². The van der Waals surface area contributed by atoms with Gasteiger partial charge in [-0.1, -0.05) is 19.8 Å². The van der Waals surface area contributed by atoms with Gasteiger partial charge in [-0.2, -0.15) is 0 Å². The van der Waals surface area contributed by atoms with Gasteiger partial charge in [0.1, 0.15) is 0 Å². The van der Waals surface area contributed by atoms with E-state index in [-0.39, 0.29) is 17.7 Å². The van der Waals surface area contributed by atoms with Gasteiger partial charge in [0.25, 0.3) is 0 Å². The van der Waals surface area contributed by atoms with Crippen molar-refractivity contribution in [1.82, 2.24) is 5.32 Å². The van der Waals surface area contributed by atoms with Crippen LogP contribution in [0, 0.1) is 0 Å². The third-order valence-electron chi connectivity index (χ3n) is 5.05. The SMILES string of the molecule is CCC(C)(CCO)NCC1CCC2(CCCC2)O1. The molecular weight excluding hydrogens is 226 g/mol. The lowest BCUT2D eigenvalue weighted by molar-refractivity contribution is -0.0377. The first-order chi connectivity index (χ1) is 8.61. The van der Waals surface area contributed by atoms with Crippen LogP contribution in [0.25, 0.3) is 0 Å². The summed E-state index contributed by atoms with van der Waals surface area (Å²) in [5, 5.41) is 12.7. The van der Waals surface area contributed by atoms with Crippen molar-refractivity contribution in [3.8, 4) is 0 Å². The predicted molar refractivity (Wildman–Crippen MR) is 73.7 cm³/mol. The minimum absolute atomic E-state index is 0.0591. The summed E-state index contributed by atoms with van der Waals surface area (Å²) in [6.07, 6.45) is 9.93. The Morgan fingerprint density at radius 3 is 2.67 bits per heavy atom. The molecule has 1 aliphatic carbocycles. The predicted octanol–water partition coefficient (Wildman–Crippen LogP) is 2.62. The van der Waals surface area contributed by atoms with Crippen LogP contribution in [-0.2, 0) is 4.74 Å². The van der Waals surface area contributed by atoms with E-state index in [1.807, 2.05) is 0 Å². The Labute approximate surface area is 111 Å². The van der Waals surface area contributed by atoms with Gasteiger partial charge in [0, 0.05) is 18.7 Å². The molecule has 2 rings (SSSR count). The molecule has 2 aliphatic rings. The van der Waals surface area contributed by atoms with Gasteiger partial charge in [0.15, 0.2) is 0 Å². The lowest BCUT2D eigenvalue weighted by Crippen LogP contribution is -2.46. The first kappa shape index (κ1) is 14.3. The molecule has 1 heterocycles. The number of nitrogens with one attached hydrogen (secondary N) is 1. The van der Waals surface area contributed by atoms with Crippen molar-refractivity contribution in [2.45, 2.75) is 82.5 Å². The summed E-state index contributed by atoms with van der Waals surface area (Å²) in [7, 11) is 0.